The third kappa shape index (κ3) is 4.80. The van der Waals surface area contributed by atoms with Gasteiger partial charge in [-0.2, -0.15) is 0 Å². The Morgan fingerprint density at radius 3 is 2.55 bits per heavy atom. The van der Waals surface area contributed by atoms with Crippen LogP contribution < -0.4 is 10.7 Å². The standard InChI is InChI=1S/C17H25FN2/c1-5-7-8-15-16(11-12-18)20-17(19-15)14(4)10-9-13(3)6-2/h8-11H,5-7,12H2,1-4H3,(H,19,20)/b13-9+,14-10+,15-8+,16-11+. The fraction of sp³-hybridized carbons (Fsp3) is 0.471. The van der Waals surface area contributed by atoms with Crippen molar-refractivity contribution in [3.63, 3.8) is 0 Å². The monoisotopic (exact) mass is 276 g/mol. The Morgan fingerprint density at radius 1 is 1.20 bits per heavy atom. The van der Waals surface area contributed by atoms with Crippen LogP contribution in [0.25, 0.3) is 17.7 Å². The first-order valence-corrected chi connectivity index (χ1v) is 7.29. The number of alkyl halides is 1. The molecule has 0 amide bonds. The summed E-state index contributed by atoms with van der Waals surface area (Å²) in [4.78, 5) is 7.76. The molecule has 0 saturated heterocycles. The minimum absolute atomic E-state index is 0.491. The van der Waals surface area contributed by atoms with Crippen LogP contribution in [0.15, 0.2) is 17.7 Å². The van der Waals surface area contributed by atoms with Crippen molar-refractivity contribution in [3.05, 3.63) is 34.2 Å². The molecular formula is C17H25FN2. The van der Waals surface area contributed by atoms with Gasteiger partial charge in [0.15, 0.2) is 0 Å². The van der Waals surface area contributed by atoms with Crippen molar-refractivity contribution < 1.29 is 4.39 Å². The molecule has 3 heteroatoms. The molecule has 0 unspecified atom stereocenters. The summed E-state index contributed by atoms with van der Waals surface area (Å²) in [6, 6.07) is 0. The lowest BCUT2D eigenvalue weighted by molar-refractivity contribution is 0.578. The fourth-order valence-corrected chi connectivity index (χ4v) is 1.72. The molecule has 0 aromatic carbocycles. The Bertz CT molecular complexity index is 591. The highest BCUT2D eigenvalue weighted by molar-refractivity contribution is 5.59. The summed E-state index contributed by atoms with van der Waals surface area (Å²) in [6.45, 7) is 7.88. The lowest BCUT2D eigenvalue weighted by Crippen LogP contribution is -2.24. The smallest absolute Gasteiger partial charge is 0.134 e. The number of halogens is 1. The first-order chi connectivity index (χ1) is 9.62. The lowest BCUT2D eigenvalue weighted by Gasteiger charge is -1.95. The van der Waals surface area contributed by atoms with Crippen LogP contribution in [0, 0.1) is 0 Å². The van der Waals surface area contributed by atoms with Gasteiger partial charge in [0.05, 0.1) is 10.7 Å². The summed E-state index contributed by atoms with van der Waals surface area (Å²) in [5.74, 6) is 0.812. The van der Waals surface area contributed by atoms with Crippen LogP contribution in [0.2, 0.25) is 0 Å². The summed E-state index contributed by atoms with van der Waals surface area (Å²) in [5, 5.41) is 1.63. The largest absolute Gasteiger partial charge is 0.339 e. The third-order valence-corrected chi connectivity index (χ3v) is 3.22. The van der Waals surface area contributed by atoms with E-state index in [-0.39, 0.29) is 0 Å². The zero-order valence-corrected chi connectivity index (χ0v) is 13.0. The molecule has 1 aromatic rings. The SMILES string of the molecule is CCC/C=c1/[nH]c(/C(C)=C/C=C(\C)CC)n/c1=C/CF. The van der Waals surface area contributed by atoms with Gasteiger partial charge < -0.3 is 4.98 Å². The molecule has 110 valence electrons. The molecule has 0 saturated carbocycles. The number of hydrogen-bond donors (Lipinski definition) is 1. The van der Waals surface area contributed by atoms with E-state index in [2.05, 4.69) is 49.0 Å². The summed E-state index contributed by atoms with van der Waals surface area (Å²) >= 11 is 0. The summed E-state index contributed by atoms with van der Waals surface area (Å²) in [5.41, 5.74) is 2.38. The maximum atomic E-state index is 12.5. The van der Waals surface area contributed by atoms with Crippen LogP contribution in [-0.2, 0) is 0 Å². The molecule has 0 aliphatic heterocycles. The van der Waals surface area contributed by atoms with Crippen LogP contribution in [0.5, 0.6) is 0 Å². The van der Waals surface area contributed by atoms with Crippen molar-refractivity contribution >= 4 is 17.7 Å². The summed E-state index contributed by atoms with van der Waals surface area (Å²) in [6.07, 6.45) is 10.8. The number of allylic oxidation sites excluding steroid dienone is 4. The average molecular weight is 276 g/mol. The normalized spacial score (nSPS) is 15.2. The van der Waals surface area contributed by atoms with Crippen LogP contribution in [0.4, 0.5) is 4.39 Å². The number of nitrogens with one attached hydrogen (secondary N) is 1. The van der Waals surface area contributed by atoms with Crippen molar-refractivity contribution in [1.82, 2.24) is 9.97 Å². The number of unbranched alkanes of at least 4 members (excludes halogenated alkanes) is 1. The molecule has 1 N–H and O–H groups in total. The van der Waals surface area contributed by atoms with E-state index in [1.807, 2.05) is 6.92 Å². The predicted octanol–water partition coefficient (Wildman–Crippen LogP) is 3.50. The number of hydrogen-bond acceptors (Lipinski definition) is 1. The van der Waals surface area contributed by atoms with Gasteiger partial charge in [-0.3, -0.25) is 0 Å². The lowest BCUT2D eigenvalue weighted by atomic mass is 10.2. The van der Waals surface area contributed by atoms with Crippen LogP contribution in [0.3, 0.4) is 0 Å². The van der Waals surface area contributed by atoms with Crippen molar-refractivity contribution in [1.29, 1.82) is 0 Å². The second-order valence-electron chi connectivity index (χ2n) is 4.95. The number of rotatable bonds is 6. The molecule has 0 aliphatic rings. The van der Waals surface area contributed by atoms with E-state index < -0.39 is 6.67 Å². The van der Waals surface area contributed by atoms with Gasteiger partial charge in [0.2, 0.25) is 0 Å². The molecule has 0 bridgehead atoms. The van der Waals surface area contributed by atoms with Crippen molar-refractivity contribution in [2.75, 3.05) is 6.67 Å². The van der Waals surface area contributed by atoms with Crippen molar-refractivity contribution in [2.45, 2.75) is 47.0 Å². The average Bonchev–Trinajstić information content (AvgIpc) is 2.85. The van der Waals surface area contributed by atoms with Gasteiger partial charge in [-0.1, -0.05) is 44.1 Å². The van der Waals surface area contributed by atoms with Crippen molar-refractivity contribution in [2.24, 2.45) is 0 Å². The molecule has 0 fully saturated rings. The van der Waals surface area contributed by atoms with E-state index >= 15 is 0 Å². The van der Waals surface area contributed by atoms with Gasteiger partial charge >= 0.3 is 0 Å². The number of nitrogens with zero attached hydrogens (tertiary/aromatic N) is 1. The highest BCUT2D eigenvalue weighted by Gasteiger charge is 2.00. The summed E-state index contributed by atoms with van der Waals surface area (Å²) in [7, 11) is 0. The van der Waals surface area contributed by atoms with E-state index in [4.69, 9.17) is 0 Å². The maximum absolute atomic E-state index is 12.5. The molecule has 2 nitrogen and oxygen atoms in total. The highest BCUT2D eigenvalue weighted by Crippen LogP contribution is 2.07. The van der Waals surface area contributed by atoms with Crippen LogP contribution in [-0.4, -0.2) is 16.6 Å². The second kappa shape index (κ2) is 8.51. The maximum Gasteiger partial charge on any atom is 0.134 e. The topological polar surface area (TPSA) is 28.7 Å². The Balaban J connectivity index is 3.18. The number of aromatic nitrogens is 2. The second-order valence-corrected chi connectivity index (χ2v) is 4.95. The van der Waals surface area contributed by atoms with Gasteiger partial charge in [-0.05, 0) is 38.3 Å². The zero-order valence-electron chi connectivity index (χ0n) is 13.0. The van der Waals surface area contributed by atoms with E-state index in [0.29, 0.717) is 5.35 Å². The number of imidazole rings is 1. The van der Waals surface area contributed by atoms with E-state index in [0.717, 1.165) is 36.0 Å². The zero-order chi connectivity index (χ0) is 15.0. The van der Waals surface area contributed by atoms with Crippen molar-refractivity contribution in [3.8, 4) is 0 Å². The Hall–Kier alpha value is -1.64. The van der Waals surface area contributed by atoms with Gasteiger partial charge in [-0.25, -0.2) is 9.37 Å². The highest BCUT2D eigenvalue weighted by atomic mass is 19.1. The predicted molar refractivity (Wildman–Crippen MR) is 85.3 cm³/mol. The Kier molecular flexibility index (Phi) is 6.99. The van der Waals surface area contributed by atoms with Gasteiger partial charge in [0.25, 0.3) is 0 Å². The third-order valence-electron chi connectivity index (χ3n) is 3.22. The Morgan fingerprint density at radius 2 is 1.95 bits per heavy atom. The molecule has 0 atom stereocenters. The molecule has 1 aromatic heterocycles. The van der Waals surface area contributed by atoms with Crippen LogP contribution >= 0.6 is 0 Å². The van der Waals surface area contributed by atoms with Gasteiger partial charge in [0.1, 0.15) is 12.5 Å². The van der Waals surface area contributed by atoms with Crippen LogP contribution in [0.1, 0.15) is 52.8 Å². The number of aromatic amines is 1. The van der Waals surface area contributed by atoms with E-state index in [9.17, 15) is 4.39 Å². The van der Waals surface area contributed by atoms with E-state index in [1.165, 1.54) is 11.6 Å². The minimum Gasteiger partial charge on any atom is -0.339 e. The molecular weight excluding hydrogens is 251 g/mol. The first kappa shape index (κ1) is 16.4. The minimum atomic E-state index is -0.491. The number of H-pyrrole nitrogens is 1. The molecule has 1 heterocycles. The fourth-order valence-electron chi connectivity index (χ4n) is 1.72. The summed E-state index contributed by atoms with van der Waals surface area (Å²) < 4.78 is 12.5. The van der Waals surface area contributed by atoms with Gasteiger partial charge in [0, 0.05) is 0 Å². The van der Waals surface area contributed by atoms with Gasteiger partial charge in [-0.15, -0.1) is 0 Å². The molecule has 0 aliphatic carbocycles. The molecule has 0 radical (unpaired) electrons. The quantitative estimate of drug-likeness (QED) is 0.792. The molecule has 1 rings (SSSR count). The Labute approximate surface area is 120 Å². The van der Waals surface area contributed by atoms with E-state index in [1.54, 1.807) is 0 Å². The molecule has 0 spiro atoms. The first-order valence-electron chi connectivity index (χ1n) is 7.29. The molecule has 20 heavy (non-hydrogen) atoms.